The molecule has 3 rings (SSSR count). The Hall–Kier alpha value is -2.47. The van der Waals surface area contributed by atoms with Crippen LogP contribution in [0.25, 0.3) is 0 Å². The third-order valence-electron chi connectivity index (χ3n) is 5.30. The molecule has 0 saturated heterocycles. The van der Waals surface area contributed by atoms with E-state index in [1.807, 2.05) is 54.7 Å². The van der Waals surface area contributed by atoms with Crippen molar-refractivity contribution in [3.8, 4) is 0 Å². The summed E-state index contributed by atoms with van der Waals surface area (Å²) < 4.78 is 21.9. The quantitative estimate of drug-likeness (QED) is 0.467. The highest BCUT2D eigenvalue weighted by atomic mass is 19.1. The number of halogens is 1. The van der Waals surface area contributed by atoms with Crippen molar-refractivity contribution in [2.24, 2.45) is 5.92 Å². The summed E-state index contributed by atoms with van der Waals surface area (Å²) in [7, 11) is 0. The number of hydrogen-bond donors (Lipinski definition) is 2. The fraction of sp³-hybridized carbons (Fsp3) is 0.385. The largest absolute Gasteiger partial charge is 0.385 e. The minimum atomic E-state index is -0.535. The number of ether oxygens (including phenoxy) is 1. The molecule has 0 radical (unpaired) electrons. The summed E-state index contributed by atoms with van der Waals surface area (Å²) >= 11 is 0. The SMILES string of the molecule is CC(C)C[NH+](Cc1cccn1Cc1ccccc1F)C[C@@H](O)COCc1ccccc1. The maximum Gasteiger partial charge on any atom is 0.128 e. The Bertz CT molecular complexity index is 911. The lowest BCUT2D eigenvalue weighted by atomic mass is 10.2. The van der Waals surface area contributed by atoms with Gasteiger partial charge in [-0.15, -0.1) is 0 Å². The molecular weight excluding hydrogens is 391 g/mol. The molecule has 2 atom stereocenters. The highest BCUT2D eigenvalue weighted by Crippen LogP contribution is 2.11. The first-order chi connectivity index (χ1) is 15.0. The van der Waals surface area contributed by atoms with E-state index in [0.717, 1.165) is 24.3 Å². The van der Waals surface area contributed by atoms with Gasteiger partial charge in [0.2, 0.25) is 0 Å². The van der Waals surface area contributed by atoms with Gasteiger partial charge >= 0.3 is 0 Å². The predicted molar refractivity (Wildman–Crippen MR) is 121 cm³/mol. The number of aliphatic hydroxyl groups is 1. The minimum absolute atomic E-state index is 0.181. The minimum Gasteiger partial charge on any atom is -0.385 e. The van der Waals surface area contributed by atoms with Gasteiger partial charge in [-0.2, -0.15) is 0 Å². The number of hydrogen-bond acceptors (Lipinski definition) is 2. The molecule has 0 fully saturated rings. The molecule has 0 spiro atoms. The Balaban J connectivity index is 1.57. The molecule has 0 bridgehead atoms. The van der Waals surface area contributed by atoms with Gasteiger partial charge < -0.3 is 19.3 Å². The van der Waals surface area contributed by atoms with E-state index in [4.69, 9.17) is 4.74 Å². The van der Waals surface area contributed by atoms with E-state index >= 15 is 0 Å². The first-order valence-corrected chi connectivity index (χ1v) is 11.0. The van der Waals surface area contributed by atoms with E-state index in [-0.39, 0.29) is 5.82 Å². The number of rotatable bonds is 12. The molecule has 31 heavy (non-hydrogen) atoms. The third kappa shape index (κ3) is 7.62. The van der Waals surface area contributed by atoms with Crippen molar-refractivity contribution in [1.29, 1.82) is 0 Å². The van der Waals surface area contributed by atoms with Crippen LogP contribution < -0.4 is 4.90 Å². The summed E-state index contributed by atoms with van der Waals surface area (Å²) in [5.74, 6) is 0.321. The molecule has 0 saturated carbocycles. The Kier molecular flexibility index (Phi) is 8.83. The summed E-state index contributed by atoms with van der Waals surface area (Å²) in [5, 5.41) is 10.6. The van der Waals surface area contributed by atoms with Gasteiger partial charge in [0, 0.05) is 17.7 Å². The van der Waals surface area contributed by atoms with Gasteiger partial charge in [0.1, 0.15) is 25.0 Å². The van der Waals surface area contributed by atoms with Crippen LogP contribution in [0.1, 0.15) is 30.7 Å². The van der Waals surface area contributed by atoms with Crippen LogP contribution in [-0.2, 0) is 24.4 Å². The van der Waals surface area contributed by atoms with Gasteiger partial charge in [-0.25, -0.2) is 4.39 Å². The van der Waals surface area contributed by atoms with Gasteiger partial charge in [-0.05, 0) is 23.8 Å². The number of nitrogens with zero attached hydrogens (tertiary/aromatic N) is 1. The Labute approximate surface area is 184 Å². The molecule has 3 aromatic rings. The fourth-order valence-electron chi connectivity index (χ4n) is 3.91. The van der Waals surface area contributed by atoms with Crippen LogP contribution in [-0.4, -0.2) is 35.5 Å². The van der Waals surface area contributed by atoms with Crippen molar-refractivity contribution >= 4 is 0 Å². The number of benzene rings is 2. The second-order valence-corrected chi connectivity index (χ2v) is 8.60. The van der Waals surface area contributed by atoms with Gasteiger partial charge in [0.15, 0.2) is 0 Å². The number of aromatic nitrogens is 1. The van der Waals surface area contributed by atoms with Gasteiger partial charge in [0.25, 0.3) is 0 Å². The maximum atomic E-state index is 14.1. The molecule has 0 aliphatic carbocycles. The molecule has 4 nitrogen and oxygen atoms in total. The smallest absolute Gasteiger partial charge is 0.128 e. The van der Waals surface area contributed by atoms with Crippen LogP contribution in [0.15, 0.2) is 72.9 Å². The van der Waals surface area contributed by atoms with E-state index in [0.29, 0.717) is 37.8 Å². The lowest BCUT2D eigenvalue weighted by molar-refractivity contribution is -0.920. The van der Waals surface area contributed by atoms with Crippen LogP contribution in [0, 0.1) is 11.7 Å². The second kappa shape index (κ2) is 11.8. The van der Waals surface area contributed by atoms with Crippen LogP contribution in [0.5, 0.6) is 0 Å². The highest BCUT2D eigenvalue weighted by molar-refractivity contribution is 5.19. The van der Waals surface area contributed by atoms with E-state index in [2.05, 4.69) is 24.5 Å². The van der Waals surface area contributed by atoms with E-state index in [9.17, 15) is 9.50 Å². The monoisotopic (exact) mass is 425 g/mol. The van der Waals surface area contributed by atoms with Gasteiger partial charge in [0.05, 0.1) is 32.0 Å². The number of quaternary nitrogens is 1. The summed E-state index contributed by atoms with van der Waals surface area (Å²) in [4.78, 5) is 1.29. The predicted octanol–water partition coefficient (Wildman–Crippen LogP) is 3.29. The van der Waals surface area contributed by atoms with E-state index in [1.54, 1.807) is 6.07 Å². The zero-order valence-corrected chi connectivity index (χ0v) is 18.5. The van der Waals surface area contributed by atoms with E-state index < -0.39 is 6.10 Å². The molecule has 1 heterocycles. The van der Waals surface area contributed by atoms with Crippen molar-refractivity contribution in [3.63, 3.8) is 0 Å². The third-order valence-corrected chi connectivity index (χ3v) is 5.30. The van der Waals surface area contributed by atoms with Crippen molar-refractivity contribution < 1.29 is 19.1 Å². The Morgan fingerprint density at radius 1 is 0.968 bits per heavy atom. The van der Waals surface area contributed by atoms with Crippen molar-refractivity contribution in [2.45, 2.75) is 39.6 Å². The molecular formula is C26H34FN2O2+. The number of nitrogens with one attached hydrogen (secondary N) is 1. The molecule has 1 unspecified atom stereocenters. The molecule has 2 aromatic carbocycles. The lowest BCUT2D eigenvalue weighted by Gasteiger charge is -2.24. The Morgan fingerprint density at radius 3 is 2.45 bits per heavy atom. The molecule has 0 aliphatic rings. The summed E-state index contributed by atoms with van der Waals surface area (Å²) in [6.45, 7) is 8.03. The van der Waals surface area contributed by atoms with E-state index in [1.165, 1.54) is 11.0 Å². The fourth-order valence-corrected chi connectivity index (χ4v) is 3.91. The molecule has 2 N–H and O–H groups in total. The topological polar surface area (TPSA) is 38.8 Å². The first kappa shape index (κ1) is 23.2. The average Bonchev–Trinajstić information content (AvgIpc) is 3.16. The summed E-state index contributed by atoms with van der Waals surface area (Å²) in [6, 6.07) is 21.0. The second-order valence-electron chi connectivity index (χ2n) is 8.60. The van der Waals surface area contributed by atoms with Gasteiger partial charge in [-0.3, -0.25) is 0 Å². The van der Waals surface area contributed by atoms with Crippen LogP contribution in [0.4, 0.5) is 4.39 Å². The van der Waals surface area contributed by atoms with Crippen molar-refractivity contribution in [3.05, 3.63) is 95.6 Å². The summed E-state index contributed by atoms with van der Waals surface area (Å²) in [6.07, 6.45) is 1.46. The first-order valence-electron chi connectivity index (χ1n) is 11.0. The molecule has 0 amide bonds. The standard InChI is InChI=1S/C26H33FN2O2/c1-21(2)15-28(18-25(30)20-31-19-22-9-4-3-5-10-22)17-24-12-8-14-29(24)16-23-11-6-7-13-26(23)27/h3-14,21,25,30H,15-20H2,1-2H3/p+1/t25-/m1/s1. The molecule has 166 valence electrons. The number of aliphatic hydroxyl groups excluding tert-OH is 1. The normalized spacial score (nSPS) is 13.5. The van der Waals surface area contributed by atoms with Gasteiger partial charge in [-0.1, -0.05) is 62.4 Å². The van der Waals surface area contributed by atoms with Crippen LogP contribution in [0.3, 0.4) is 0 Å². The summed E-state index contributed by atoms with van der Waals surface area (Å²) in [5.41, 5.74) is 2.92. The van der Waals surface area contributed by atoms with Crippen LogP contribution in [0.2, 0.25) is 0 Å². The average molecular weight is 426 g/mol. The zero-order valence-electron chi connectivity index (χ0n) is 18.5. The zero-order chi connectivity index (χ0) is 22.1. The maximum absolute atomic E-state index is 14.1. The molecule has 5 heteroatoms. The Morgan fingerprint density at radius 2 is 1.71 bits per heavy atom. The lowest BCUT2D eigenvalue weighted by Crippen LogP contribution is -3.12. The molecule has 1 aromatic heterocycles. The van der Waals surface area contributed by atoms with Crippen LogP contribution >= 0.6 is 0 Å². The molecule has 0 aliphatic heterocycles. The van der Waals surface area contributed by atoms with Crippen molar-refractivity contribution in [1.82, 2.24) is 4.57 Å². The van der Waals surface area contributed by atoms with Crippen molar-refractivity contribution in [2.75, 3.05) is 19.7 Å². The highest BCUT2D eigenvalue weighted by Gasteiger charge is 2.19.